The number of nitrogens with one attached hydrogen (secondary N) is 1. The summed E-state index contributed by atoms with van der Waals surface area (Å²) in [6.45, 7) is 2.06. The van der Waals surface area contributed by atoms with Crippen LogP contribution in [-0.2, 0) is 0 Å². The van der Waals surface area contributed by atoms with E-state index in [0.717, 1.165) is 18.9 Å². The molecule has 0 radical (unpaired) electrons. The van der Waals surface area contributed by atoms with Gasteiger partial charge in [-0.25, -0.2) is 4.98 Å². The van der Waals surface area contributed by atoms with Gasteiger partial charge in [-0.2, -0.15) is 0 Å². The molecule has 0 unspecified atom stereocenters. The molecule has 0 atom stereocenters. The molecule has 2 rings (SSSR count). The highest BCUT2D eigenvalue weighted by Gasteiger charge is 2.16. The van der Waals surface area contributed by atoms with Crippen molar-refractivity contribution in [3.8, 4) is 0 Å². The number of primary amides is 1. The Balaban J connectivity index is 2.32. The van der Waals surface area contributed by atoms with Crippen LogP contribution in [0.3, 0.4) is 0 Å². The number of hydrogen-bond donors (Lipinski definition) is 2. The molecule has 1 amide bonds. The zero-order chi connectivity index (χ0) is 11.5. The Labute approximate surface area is 108 Å². The van der Waals surface area contributed by atoms with Gasteiger partial charge in [-0.3, -0.25) is 4.79 Å². The number of carbonyl (C=O) groups excluding carboxylic acids is 1. The van der Waals surface area contributed by atoms with Crippen LogP contribution in [0.15, 0.2) is 12.1 Å². The second kappa shape index (κ2) is 4.86. The lowest BCUT2D eigenvalue weighted by atomic mass is 10.2. The maximum Gasteiger partial charge on any atom is 0.252 e. The van der Waals surface area contributed by atoms with Gasteiger partial charge in [-0.15, -0.1) is 0 Å². The molecule has 86 valence electrons. The topological polar surface area (TPSA) is 71.2 Å². The van der Waals surface area contributed by atoms with Crippen LogP contribution < -0.4 is 14.2 Å². The second-order valence-corrected chi connectivity index (χ2v) is 4.26. The fourth-order valence-electron chi connectivity index (χ4n) is 1.84. The summed E-state index contributed by atoms with van der Waals surface area (Å²) in [5.41, 5.74) is 5.69. The van der Waals surface area contributed by atoms with E-state index in [1.165, 1.54) is 12.8 Å². The van der Waals surface area contributed by atoms with E-state index >= 15 is 0 Å². The smallest absolute Gasteiger partial charge is 0.252 e. The van der Waals surface area contributed by atoms with E-state index in [1.54, 1.807) is 6.07 Å². The summed E-state index contributed by atoms with van der Waals surface area (Å²) in [5, 5.41) is 0. The fourth-order valence-corrected chi connectivity index (χ4v) is 2.25. The van der Waals surface area contributed by atoms with Gasteiger partial charge in [-0.05, 0) is 25.0 Å². The molecule has 1 saturated heterocycles. The molecule has 6 heteroatoms. The minimum Gasteiger partial charge on any atom is -0.365 e. The second-order valence-electron chi connectivity index (χ2n) is 3.72. The summed E-state index contributed by atoms with van der Waals surface area (Å²) in [5.74, 6) is 0.985. The number of nitrogens with zero attached hydrogens (tertiary/aromatic N) is 2. The van der Waals surface area contributed by atoms with Gasteiger partial charge in [-0.1, -0.05) is 0 Å². The molecular weight excluding hydrogens is 319 g/mol. The maximum absolute atomic E-state index is 11.1. The first-order valence-corrected chi connectivity index (χ1v) is 6.22. The molecule has 1 aliphatic heterocycles. The number of aromatic nitrogens is 1. The Morgan fingerprint density at radius 2 is 2.12 bits per heavy atom. The third-order valence-electron chi connectivity index (χ3n) is 2.67. The van der Waals surface area contributed by atoms with Crippen molar-refractivity contribution in [2.24, 2.45) is 5.73 Å². The van der Waals surface area contributed by atoms with Gasteiger partial charge in [0.05, 0.1) is 28.4 Å². The lowest BCUT2D eigenvalue weighted by molar-refractivity contribution is 0.100. The monoisotopic (exact) mass is 332 g/mol. The van der Waals surface area contributed by atoms with Gasteiger partial charge in [0.15, 0.2) is 0 Å². The molecule has 16 heavy (non-hydrogen) atoms. The van der Waals surface area contributed by atoms with Gasteiger partial charge in [0.25, 0.3) is 5.91 Å². The van der Waals surface area contributed by atoms with Crippen LogP contribution in [0, 0.1) is 0 Å². The average Bonchev–Trinajstić information content (AvgIpc) is 2.81. The Morgan fingerprint density at radius 3 is 2.69 bits per heavy atom. The highest BCUT2D eigenvalue weighted by molar-refractivity contribution is 14.1. The molecule has 1 aromatic rings. The number of carbonyl (C=O) groups is 1. The molecule has 1 aliphatic rings. The van der Waals surface area contributed by atoms with E-state index in [2.05, 4.69) is 13.4 Å². The molecule has 0 aliphatic carbocycles. The van der Waals surface area contributed by atoms with Crippen molar-refractivity contribution in [1.29, 1.82) is 0 Å². The Hall–Kier alpha value is -1.05. The van der Waals surface area contributed by atoms with Crippen LogP contribution in [-0.4, -0.2) is 24.0 Å². The molecule has 0 aromatic carbocycles. The number of amides is 1. The van der Waals surface area contributed by atoms with Crippen molar-refractivity contribution in [2.45, 2.75) is 12.8 Å². The molecule has 2 heterocycles. The van der Waals surface area contributed by atoms with Gasteiger partial charge in [0.2, 0.25) is 0 Å². The summed E-state index contributed by atoms with van der Waals surface area (Å²) in [6.07, 6.45) is 2.40. The summed E-state index contributed by atoms with van der Waals surface area (Å²) < 4.78 is 2.87. The third-order valence-corrected chi connectivity index (χ3v) is 3.18. The van der Waals surface area contributed by atoms with Gasteiger partial charge < -0.3 is 14.2 Å². The highest BCUT2D eigenvalue weighted by atomic mass is 127. The van der Waals surface area contributed by atoms with Crippen molar-refractivity contribution in [2.75, 3.05) is 21.5 Å². The number of anilines is 2. The Kier molecular flexibility index (Phi) is 3.47. The number of hydrogen-bond acceptors (Lipinski definition) is 4. The first-order chi connectivity index (χ1) is 7.72. The van der Waals surface area contributed by atoms with Crippen LogP contribution in [0.2, 0.25) is 0 Å². The van der Waals surface area contributed by atoms with E-state index in [4.69, 9.17) is 5.73 Å². The number of rotatable bonds is 3. The predicted molar refractivity (Wildman–Crippen MR) is 71.8 cm³/mol. The Morgan fingerprint density at radius 1 is 1.44 bits per heavy atom. The number of nitrogens with two attached hydrogens (primary N) is 1. The predicted octanol–water partition coefficient (Wildman–Crippen LogP) is 1.54. The lowest BCUT2D eigenvalue weighted by Gasteiger charge is -2.17. The fraction of sp³-hybridized carbons (Fsp3) is 0.400. The summed E-state index contributed by atoms with van der Waals surface area (Å²) >= 11 is 1.95. The normalized spacial score (nSPS) is 15.2. The van der Waals surface area contributed by atoms with E-state index in [9.17, 15) is 4.79 Å². The number of pyridine rings is 1. The molecule has 1 aromatic heterocycles. The van der Waals surface area contributed by atoms with Gasteiger partial charge >= 0.3 is 0 Å². The largest absolute Gasteiger partial charge is 0.365 e. The van der Waals surface area contributed by atoms with Crippen molar-refractivity contribution >= 4 is 40.4 Å². The quantitative estimate of drug-likeness (QED) is 0.651. The van der Waals surface area contributed by atoms with Crippen LogP contribution in [0.1, 0.15) is 23.2 Å². The van der Waals surface area contributed by atoms with Crippen LogP contribution >= 0.6 is 22.9 Å². The third kappa shape index (κ3) is 2.21. The zero-order valence-corrected chi connectivity index (χ0v) is 10.9. The van der Waals surface area contributed by atoms with E-state index < -0.39 is 5.91 Å². The summed E-state index contributed by atoms with van der Waals surface area (Å²) in [7, 11) is 0. The zero-order valence-electron chi connectivity index (χ0n) is 8.74. The van der Waals surface area contributed by atoms with E-state index in [1.807, 2.05) is 28.9 Å². The van der Waals surface area contributed by atoms with Crippen molar-refractivity contribution < 1.29 is 4.79 Å². The molecule has 3 N–H and O–H groups in total. The maximum atomic E-state index is 11.1. The molecule has 1 fully saturated rings. The standard InChI is InChI=1S/C10H13IN4O/c11-14-10-7(9(12)16)3-4-8(13-10)15-5-1-2-6-15/h3-4H,1-2,5-6H2,(H2,12,16)(H,13,14). The number of halogens is 1. The van der Waals surface area contributed by atoms with E-state index in [0.29, 0.717) is 11.4 Å². The van der Waals surface area contributed by atoms with Crippen molar-refractivity contribution in [3.63, 3.8) is 0 Å². The molecule has 0 bridgehead atoms. The summed E-state index contributed by atoms with van der Waals surface area (Å²) in [6, 6.07) is 3.58. The first kappa shape index (κ1) is 11.4. The van der Waals surface area contributed by atoms with Crippen LogP contribution in [0.4, 0.5) is 11.6 Å². The van der Waals surface area contributed by atoms with Gasteiger partial charge in [0, 0.05) is 13.1 Å². The van der Waals surface area contributed by atoms with Crippen molar-refractivity contribution in [1.82, 2.24) is 4.98 Å². The summed E-state index contributed by atoms with van der Waals surface area (Å²) in [4.78, 5) is 17.8. The van der Waals surface area contributed by atoms with Crippen LogP contribution in [0.5, 0.6) is 0 Å². The SMILES string of the molecule is NC(=O)c1ccc(N2CCCC2)nc1NI. The highest BCUT2D eigenvalue weighted by Crippen LogP contribution is 2.22. The van der Waals surface area contributed by atoms with E-state index in [-0.39, 0.29) is 0 Å². The lowest BCUT2D eigenvalue weighted by Crippen LogP contribution is -2.20. The minimum atomic E-state index is -0.459. The average molecular weight is 332 g/mol. The van der Waals surface area contributed by atoms with Gasteiger partial charge in [0.1, 0.15) is 11.6 Å². The molecule has 5 nitrogen and oxygen atoms in total. The minimum absolute atomic E-state index is 0.428. The molecule has 0 spiro atoms. The first-order valence-electron chi connectivity index (χ1n) is 5.15. The molecule has 0 saturated carbocycles. The Bertz CT molecular complexity index is 404. The molecular formula is C10H13IN4O. The van der Waals surface area contributed by atoms with Crippen molar-refractivity contribution in [3.05, 3.63) is 17.7 Å². The van der Waals surface area contributed by atoms with Crippen LogP contribution in [0.25, 0.3) is 0 Å².